The number of amides is 2. The molecule has 7 nitrogen and oxygen atoms in total. The molecule has 0 aromatic carbocycles. The van der Waals surface area contributed by atoms with E-state index in [4.69, 9.17) is 9.52 Å². The van der Waals surface area contributed by atoms with Crippen LogP contribution in [0.3, 0.4) is 0 Å². The van der Waals surface area contributed by atoms with Gasteiger partial charge in [-0.15, -0.1) is 0 Å². The van der Waals surface area contributed by atoms with Crippen LogP contribution in [-0.2, 0) is 19.5 Å². The van der Waals surface area contributed by atoms with Gasteiger partial charge in [0.05, 0.1) is 37.9 Å². The molecule has 3 N–H and O–H groups in total. The first-order valence-electron chi connectivity index (χ1n) is 7.49. The zero-order valence-corrected chi connectivity index (χ0v) is 12.3. The van der Waals surface area contributed by atoms with Gasteiger partial charge >= 0.3 is 6.03 Å². The Kier molecular flexibility index (Phi) is 4.43. The van der Waals surface area contributed by atoms with Gasteiger partial charge in [-0.05, 0) is 25.3 Å². The molecule has 0 bridgehead atoms. The number of carbonyl (C=O) groups is 1. The van der Waals surface area contributed by atoms with Crippen LogP contribution in [0.2, 0.25) is 0 Å². The number of hydrogen-bond acceptors (Lipinski definition) is 4. The Balaban J connectivity index is 1.60. The molecule has 7 heteroatoms. The van der Waals surface area contributed by atoms with Crippen LogP contribution in [0.4, 0.5) is 4.79 Å². The summed E-state index contributed by atoms with van der Waals surface area (Å²) in [5.74, 6) is 0. The third kappa shape index (κ3) is 3.14. The van der Waals surface area contributed by atoms with E-state index in [1.807, 2.05) is 10.7 Å². The number of aliphatic hydroxyl groups excluding tert-OH is 1. The largest absolute Gasteiger partial charge is 0.472 e. The summed E-state index contributed by atoms with van der Waals surface area (Å²) in [5, 5.41) is 19.2. The van der Waals surface area contributed by atoms with Crippen molar-refractivity contribution in [1.82, 2.24) is 20.4 Å². The minimum Gasteiger partial charge on any atom is -0.472 e. The van der Waals surface area contributed by atoms with Crippen LogP contribution in [0.15, 0.2) is 29.2 Å². The Hall–Kier alpha value is -2.28. The number of rotatable bonds is 5. The molecule has 0 saturated carbocycles. The summed E-state index contributed by atoms with van der Waals surface area (Å²) in [7, 11) is 0. The predicted octanol–water partition coefficient (Wildman–Crippen LogP) is 1.35. The number of furan rings is 1. The van der Waals surface area contributed by atoms with Gasteiger partial charge in [-0.2, -0.15) is 5.10 Å². The Morgan fingerprint density at radius 1 is 1.55 bits per heavy atom. The Morgan fingerprint density at radius 3 is 3.23 bits per heavy atom. The number of urea groups is 1. The molecule has 2 heterocycles. The topological polar surface area (TPSA) is 92.3 Å². The highest BCUT2D eigenvalue weighted by molar-refractivity contribution is 5.74. The quantitative estimate of drug-likeness (QED) is 0.777. The van der Waals surface area contributed by atoms with Crippen molar-refractivity contribution < 1.29 is 14.3 Å². The number of hydrogen-bond donors (Lipinski definition) is 3. The summed E-state index contributed by atoms with van der Waals surface area (Å²) in [6.45, 7) is 0.998. The van der Waals surface area contributed by atoms with Crippen molar-refractivity contribution in [3.63, 3.8) is 0 Å². The zero-order chi connectivity index (χ0) is 15.4. The van der Waals surface area contributed by atoms with Crippen LogP contribution in [0.1, 0.15) is 35.7 Å². The highest BCUT2D eigenvalue weighted by atomic mass is 16.3. The molecule has 3 rings (SSSR count). The van der Waals surface area contributed by atoms with Crippen molar-refractivity contribution in [2.45, 2.75) is 38.4 Å². The molecule has 1 atom stereocenters. The lowest BCUT2D eigenvalue weighted by Gasteiger charge is -2.24. The monoisotopic (exact) mass is 304 g/mol. The molecule has 0 spiro atoms. The summed E-state index contributed by atoms with van der Waals surface area (Å²) in [4.78, 5) is 12.0. The standard InChI is InChI=1S/C15H20N4O3/c20-6-5-19-14-3-1-2-13(12(14)9-17-19)18-15(21)16-8-11-4-7-22-10-11/h4,7,9-10,13,20H,1-3,5-6,8H2,(H2,16,18,21)/t13-/m1/s1. The minimum absolute atomic E-state index is 0.0273. The van der Waals surface area contributed by atoms with Crippen LogP contribution in [0, 0.1) is 0 Å². The van der Waals surface area contributed by atoms with Crippen molar-refractivity contribution in [2.24, 2.45) is 0 Å². The van der Waals surface area contributed by atoms with E-state index in [0.29, 0.717) is 13.1 Å². The van der Waals surface area contributed by atoms with E-state index in [2.05, 4.69) is 15.7 Å². The average Bonchev–Trinajstić information content (AvgIpc) is 3.16. The van der Waals surface area contributed by atoms with Crippen LogP contribution in [0.25, 0.3) is 0 Å². The fraction of sp³-hybridized carbons (Fsp3) is 0.467. The Bertz CT molecular complexity index is 621. The molecule has 2 amide bonds. The van der Waals surface area contributed by atoms with Gasteiger partial charge in [-0.1, -0.05) is 0 Å². The molecular weight excluding hydrogens is 284 g/mol. The molecule has 0 radical (unpaired) electrons. The number of nitrogens with one attached hydrogen (secondary N) is 2. The number of carbonyl (C=O) groups excluding carboxylic acids is 1. The van der Waals surface area contributed by atoms with Gasteiger partial charge in [0, 0.05) is 23.4 Å². The van der Waals surface area contributed by atoms with Crippen LogP contribution < -0.4 is 10.6 Å². The maximum Gasteiger partial charge on any atom is 0.315 e. The van der Waals surface area contributed by atoms with Crippen molar-refractivity contribution in [2.75, 3.05) is 6.61 Å². The minimum atomic E-state index is -0.200. The molecule has 1 aliphatic rings. The molecule has 2 aromatic heterocycles. The summed E-state index contributed by atoms with van der Waals surface area (Å²) in [6, 6.07) is 1.59. The van der Waals surface area contributed by atoms with Crippen molar-refractivity contribution in [3.8, 4) is 0 Å². The SMILES string of the molecule is O=C(NCc1ccoc1)N[C@@H]1CCCc2c1cnn2CCO. The lowest BCUT2D eigenvalue weighted by atomic mass is 9.93. The van der Waals surface area contributed by atoms with Gasteiger partial charge in [0.15, 0.2) is 0 Å². The molecule has 0 aliphatic heterocycles. The van der Waals surface area contributed by atoms with Gasteiger partial charge in [0.1, 0.15) is 0 Å². The van der Waals surface area contributed by atoms with Crippen LogP contribution in [0.5, 0.6) is 0 Å². The molecule has 0 fully saturated rings. The fourth-order valence-electron chi connectivity index (χ4n) is 2.84. The van der Waals surface area contributed by atoms with E-state index in [-0.39, 0.29) is 18.7 Å². The highest BCUT2D eigenvalue weighted by Gasteiger charge is 2.25. The van der Waals surface area contributed by atoms with Gasteiger partial charge < -0.3 is 20.2 Å². The molecule has 0 unspecified atom stereocenters. The van der Waals surface area contributed by atoms with Crippen LogP contribution in [-0.4, -0.2) is 27.5 Å². The third-order valence-electron chi connectivity index (χ3n) is 3.91. The zero-order valence-electron chi connectivity index (χ0n) is 12.3. The van der Waals surface area contributed by atoms with E-state index in [9.17, 15) is 4.79 Å². The van der Waals surface area contributed by atoms with Crippen molar-refractivity contribution in [1.29, 1.82) is 0 Å². The number of fused-ring (bicyclic) bond motifs is 1. The number of nitrogens with zero attached hydrogens (tertiary/aromatic N) is 2. The first-order chi connectivity index (χ1) is 10.8. The maximum atomic E-state index is 12.0. The van der Waals surface area contributed by atoms with Crippen molar-refractivity contribution >= 4 is 6.03 Å². The predicted molar refractivity (Wildman–Crippen MR) is 79.1 cm³/mol. The van der Waals surface area contributed by atoms with Gasteiger partial charge in [-0.3, -0.25) is 4.68 Å². The highest BCUT2D eigenvalue weighted by Crippen LogP contribution is 2.29. The van der Waals surface area contributed by atoms with E-state index in [1.54, 1.807) is 18.7 Å². The number of aliphatic hydroxyl groups is 1. The Morgan fingerprint density at radius 2 is 2.45 bits per heavy atom. The lowest BCUT2D eigenvalue weighted by molar-refractivity contribution is 0.234. The lowest BCUT2D eigenvalue weighted by Crippen LogP contribution is -2.38. The average molecular weight is 304 g/mol. The second-order valence-electron chi connectivity index (χ2n) is 5.40. The van der Waals surface area contributed by atoms with Crippen LogP contribution >= 0.6 is 0 Å². The van der Waals surface area contributed by atoms with E-state index in [0.717, 1.165) is 36.1 Å². The van der Waals surface area contributed by atoms with Crippen molar-refractivity contribution in [3.05, 3.63) is 41.6 Å². The molecule has 0 saturated heterocycles. The molecule has 2 aromatic rings. The second kappa shape index (κ2) is 6.65. The summed E-state index contributed by atoms with van der Waals surface area (Å²) in [6.07, 6.45) is 7.82. The van der Waals surface area contributed by atoms with E-state index in [1.165, 1.54) is 0 Å². The first-order valence-corrected chi connectivity index (χ1v) is 7.49. The number of aromatic nitrogens is 2. The molecule has 118 valence electrons. The summed E-state index contributed by atoms with van der Waals surface area (Å²) < 4.78 is 6.79. The molecule has 22 heavy (non-hydrogen) atoms. The summed E-state index contributed by atoms with van der Waals surface area (Å²) in [5.41, 5.74) is 3.09. The molecular formula is C15H20N4O3. The van der Waals surface area contributed by atoms with E-state index < -0.39 is 0 Å². The molecule has 1 aliphatic carbocycles. The maximum absolute atomic E-state index is 12.0. The first kappa shape index (κ1) is 14.6. The third-order valence-corrected chi connectivity index (χ3v) is 3.91. The Labute approximate surface area is 128 Å². The van der Waals surface area contributed by atoms with E-state index >= 15 is 0 Å². The summed E-state index contributed by atoms with van der Waals surface area (Å²) >= 11 is 0. The van der Waals surface area contributed by atoms with Gasteiger partial charge in [0.25, 0.3) is 0 Å². The second-order valence-corrected chi connectivity index (χ2v) is 5.40. The van der Waals surface area contributed by atoms with Gasteiger partial charge in [0.2, 0.25) is 0 Å². The normalized spacial score (nSPS) is 17.0. The smallest absolute Gasteiger partial charge is 0.315 e. The fourth-order valence-corrected chi connectivity index (χ4v) is 2.84. The van der Waals surface area contributed by atoms with Gasteiger partial charge in [-0.25, -0.2) is 4.79 Å².